The molecule has 2 aromatic rings. The van der Waals surface area contributed by atoms with Gasteiger partial charge in [0.2, 0.25) is 0 Å². The summed E-state index contributed by atoms with van der Waals surface area (Å²) in [6.07, 6.45) is 1.01. The molecule has 4 nitrogen and oxygen atoms in total. The topological polar surface area (TPSA) is 57.4 Å². The van der Waals surface area contributed by atoms with Crippen LogP contribution < -0.4 is 10.6 Å². The Bertz CT molecular complexity index is 596. The molecule has 0 unspecified atom stereocenters. The number of aliphatic hydroxyl groups is 1. The van der Waals surface area contributed by atoms with Crippen molar-refractivity contribution in [3.8, 4) is 11.3 Å². The van der Waals surface area contributed by atoms with Crippen LogP contribution >= 0.6 is 59.0 Å². The molecule has 0 amide bonds. The predicted octanol–water partition coefficient (Wildman–Crippen LogP) is 4.11. The second-order valence-electron chi connectivity index (χ2n) is 4.89. The molecule has 0 aliphatic carbocycles. The maximum Gasteiger partial charge on any atom is 0.135 e. The van der Waals surface area contributed by atoms with Crippen molar-refractivity contribution >= 4 is 59.0 Å². The van der Waals surface area contributed by atoms with E-state index in [9.17, 15) is 0 Å². The average Bonchev–Trinajstić information content (AvgIpc) is 2.95. The van der Waals surface area contributed by atoms with E-state index >= 15 is 0 Å². The van der Waals surface area contributed by atoms with Crippen molar-refractivity contribution in [1.82, 2.24) is 10.6 Å². The quantitative estimate of drug-likeness (QED) is 0.353. The van der Waals surface area contributed by atoms with E-state index in [1.165, 1.54) is 0 Å². The summed E-state index contributed by atoms with van der Waals surface area (Å²) < 4.78 is 6.94. The zero-order valence-corrected chi connectivity index (χ0v) is 17.6. The standard InChI is InChI=1S/C16H20ClIN2O2.2ClH/c17-15-10-12(18)2-4-14(15)16-5-3-13(22-16)11-20-7-1-6-19-8-9-21;;/h2-5,10,19-21H,1,6-9,11H2;2*1H. The van der Waals surface area contributed by atoms with Gasteiger partial charge in [0.15, 0.2) is 0 Å². The van der Waals surface area contributed by atoms with Crippen LogP contribution in [-0.4, -0.2) is 31.3 Å². The minimum absolute atomic E-state index is 0. The number of nitrogens with one attached hydrogen (secondary N) is 2. The van der Waals surface area contributed by atoms with Crippen LogP contribution in [0.1, 0.15) is 12.2 Å². The number of hydrogen-bond acceptors (Lipinski definition) is 4. The van der Waals surface area contributed by atoms with E-state index in [1.54, 1.807) is 0 Å². The van der Waals surface area contributed by atoms with Gasteiger partial charge in [-0.2, -0.15) is 0 Å². The molecule has 136 valence electrons. The molecule has 0 radical (unpaired) electrons. The smallest absolute Gasteiger partial charge is 0.135 e. The zero-order valence-electron chi connectivity index (χ0n) is 13.1. The Labute approximate surface area is 173 Å². The van der Waals surface area contributed by atoms with E-state index in [0.717, 1.165) is 40.2 Å². The first kappa shape index (κ1) is 24.0. The molecule has 0 aliphatic rings. The second-order valence-corrected chi connectivity index (χ2v) is 6.55. The highest BCUT2D eigenvalue weighted by Crippen LogP contribution is 2.30. The normalized spacial score (nSPS) is 10.1. The molecule has 0 spiro atoms. The van der Waals surface area contributed by atoms with Gasteiger partial charge in [-0.25, -0.2) is 0 Å². The van der Waals surface area contributed by atoms with Crippen molar-refractivity contribution in [3.63, 3.8) is 0 Å². The maximum atomic E-state index is 8.65. The Morgan fingerprint density at radius 2 is 1.79 bits per heavy atom. The lowest BCUT2D eigenvalue weighted by Crippen LogP contribution is -2.23. The Morgan fingerprint density at radius 1 is 1.04 bits per heavy atom. The van der Waals surface area contributed by atoms with Crippen LogP contribution in [0.4, 0.5) is 0 Å². The molecule has 0 aliphatic heterocycles. The molecule has 0 bridgehead atoms. The number of hydrogen-bond donors (Lipinski definition) is 3. The van der Waals surface area contributed by atoms with Gasteiger partial charge in [-0.3, -0.25) is 0 Å². The Balaban J connectivity index is 0.00000264. The van der Waals surface area contributed by atoms with Gasteiger partial charge in [-0.1, -0.05) is 11.6 Å². The Morgan fingerprint density at radius 3 is 2.50 bits per heavy atom. The van der Waals surface area contributed by atoms with Crippen molar-refractivity contribution in [2.75, 3.05) is 26.2 Å². The van der Waals surface area contributed by atoms with Gasteiger partial charge in [0.25, 0.3) is 0 Å². The van der Waals surface area contributed by atoms with Crippen LogP contribution in [0.15, 0.2) is 34.7 Å². The molecule has 0 atom stereocenters. The summed E-state index contributed by atoms with van der Waals surface area (Å²) in [5.41, 5.74) is 0.918. The first-order valence-corrected chi connectivity index (χ1v) is 8.73. The summed E-state index contributed by atoms with van der Waals surface area (Å²) in [5.74, 6) is 1.69. The number of benzene rings is 1. The van der Waals surface area contributed by atoms with Crippen molar-refractivity contribution in [2.24, 2.45) is 0 Å². The summed E-state index contributed by atoms with van der Waals surface area (Å²) in [6.45, 7) is 3.33. The SMILES string of the molecule is Cl.Cl.OCCNCCCNCc1ccc(-c2ccc(I)cc2Cl)o1. The molecule has 1 aromatic heterocycles. The first-order valence-electron chi connectivity index (χ1n) is 7.27. The van der Waals surface area contributed by atoms with E-state index < -0.39 is 0 Å². The van der Waals surface area contributed by atoms with Gasteiger partial charge in [0.05, 0.1) is 18.2 Å². The molecule has 0 saturated carbocycles. The van der Waals surface area contributed by atoms with Gasteiger partial charge in [0.1, 0.15) is 11.5 Å². The summed E-state index contributed by atoms with van der Waals surface area (Å²) >= 11 is 8.49. The number of aliphatic hydroxyl groups excluding tert-OH is 1. The molecule has 24 heavy (non-hydrogen) atoms. The zero-order chi connectivity index (χ0) is 15.8. The third-order valence-electron chi connectivity index (χ3n) is 3.15. The van der Waals surface area contributed by atoms with Crippen LogP contribution in [0.5, 0.6) is 0 Å². The summed E-state index contributed by atoms with van der Waals surface area (Å²) in [6, 6.07) is 9.85. The highest BCUT2D eigenvalue weighted by atomic mass is 127. The van der Waals surface area contributed by atoms with E-state index in [0.29, 0.717) is 18.1 Å². The summed E-state index contributed by atoms with van der Waals surface area (Å²) in [4.78, 5) is 0. The lowest BCUT2D eigenvalue weighted by Gasteiger charge is -2.04. The van der Waals surface area contributed by atoms with E-state index in [2.05, 4.69) is 33.2 Å². The van der Waals surface area contributed by atoms with E-state index in [4.69, 9.17) is 21.1 Å². The average molecular weight is 508 g/mol. The van der Waals surface area contributed by atoms with Crippen LogP contribution in [0.25, 0.3) is 11.3 Å². The molecule has 1 heterocycles. The number of halogens is 4. The highest BCUT2D eigenvalue weighted by Gasteiger charge is 2.08. The summed E-state index contributed by atoms with van der Waals surface area (Å²) in [7, 11) is 0. The number of rotatable bonds is 9. The lowest BCUT2D eigenvalue weighted by molar-refractivity contribution is 0.292. The molecule has 1 aromatic carbocycles. The van der Waals surface area contributed by atoms with E-state index in [-0.39, 0.29) is 31.4 Å². The third kappa shape index (κ3) is 7.91. The van der Waals surface area contributed by atoms with Gasteiger partial charge in [0, 0.05) is 15.7 Å². The summed E-state index contributed by atoms with van der Waals surface area (Å²) in [5, 5.41) is 15.8. The van der Waals surface area contributed by atoms with Gasteiger partial charge in [-0.15, -0.1) is 24.8 Å². The van der Waals surface area contributed by atoms with Crippen molar-refractivity contribution in [1.29, 1.82) is 0 Å². The van der Waals surface area contributed by atoms with Crippen molar-refractivity contribution < 1.29 is 9.52 Å². The van der Waals surface area contributed by atoms with Crippen molar-refractivity contribution in [3.05, 3.63) is 44.7 Å². The molecule has 2 rings (SSSR count). The fourth-order valence-corrected chi connectivity index (χ4v) is 3.01. The highest BCUT2D eigenvalue weighted by molar-refractivity contribution is 14.1. The first-order chi connectivity index (χ1) is 10.7. The monoisotopic (exact) mass is 506 g/mol. The van der Waals surface area contributed by atoms with Crippen LogP contribution in [0.3, 0.4) is 0 Å². The largest absolute Gasteiger partial charge is 0.460 e. The van der Waals surface area contributed by atoms with Crippen LogP contribution in [0, 0.1) is 3.57 Å². The fraction of sp³-hybridized carbons (Fsp3) is 0.375. The van der Waals surface area contributed by atoms with Gasteiger partial charge < -0.3 is 20.2 Å². The predicted molar refractivity (Wildman–Crippen MR) is 113 cm³/mol. The fourth-order valence-electron chi connectivity index (χ4n) is 2.06. The lowest BCUT2D eigenvalue weighted by atomic mass is 10.2. The maximum absolute atomic E-state index is 8.65. The van der Waals surface area contributed by atoms with Crippen molar-refractivity contribution in [2.45, 2.75) is 13.0 Å². The number of furan rings is 1. The minimum Gasteiger partial charge on any atom is -0.460 e. The third-order valence-corrected chi connectivity index (χ3v) is 4.14. The molecule has 8 heteroatoms. The molecule has 0 fully saturated rings. The molecular formula is C16H22Cl3IN2O2. The Kier molecular flexibility index (Phi) is 13.2. The molecule has 0 saturated heterocycles. The van der Waals surface area contributed by atoms with Gasteiger partial charge >= 0.3 is 0 Å². The van der Waals surface area contributed by atoms with E-state index in [1.807, 2.05) is 30.3 Å². The second kappa shape index (κ2) is 13.2. The van der Waals surface area contributed by atoms with Crippen LogP contribution in [-0.2, 0) is 6.54 Å². The molecule has 3 N–H and O–H groups in total. The minimum atomic E-state index is 0. The Hall–Kier alpha value is -0.0200. The van der Waals surface area contributed by atoms with Crippen LogP contribution in [0.2, 0.25) is 5.02 Å². The molecular weight excluding hydrogens is 485 g/mol. The van der Waals surface area contributed by atoms with Gasteiger partial charge in [-0.05, 0) is 72.4 Å².